The van der Waals surface area contributed by atoms with Crippen molar-refractivity contribution in [3.05, 3.63) is 83.7 Å². The van der Waals surface area contributed by atoms with Crippen LogP contribution in [0.4, 0.5) is 0 Å². The number of carbonyl (C=O) groups is 2. The number of aromatic nitrogens is 2. The Labute approximate surface area is 209 Å². The van der Waals surface area contributed by atoms with E-state index in [2.05, 4.69) is 15.5 Å². The molecule has 1 aromatic heterocycles. The van der Waals surface area contributed by atoms with Crippen molar-refractivity contribution in [1.29, 1.82) is 0 Å². The number of ether oxygens (including phenoxy) is 1. The normalized spacial score (nSPS) is 15.6. The zero-order chi connectivity index (χ0) is 25.4. The average molecular weight is 481 g/mol. The van der Waals surface area contributed by atoms with Crippen molar-refractivity contribution in [2.75, 3.05) is 7.11 Å². The highest BCUT2D eigenvalue weighted by Crippen LogP contribution is 2.34. The molecule has 36 heavy (non-hydrogen) atoms. The molecular weight excluding hydrogens is 452 g/mol. The van der Waals surface area contributed by atoms with E-state index < -0.39 is 5.97 Å². The fourth-order valence-electron chi connectivity index (χ4n) is 4.81. The highest BCUT2D eigenvalue weighted by molar-refractivity contribution is 6.07. The fraction of sp³-hybridized carbons (Fsp3) is 0.241. The van der Waals surface area contributed by atoms with Gasteiger partial charge >= 0.3 is 5.97 Å². The van der Waals surface area contributed by atoms with Crippen molar-refractivity contribution in [2.24, 2.45) is 16.9 Å². The Morgan fingerprint density at radius 3 is 2.58 bits per heavy atom. The number of esters is 1. The van der Waals surface area contributed by atoms with Crippen LogP contribution < -0.4 is 5.43 Å². The van der Waals surface area contributed by atoms with Crippen LogP contribution in [-0.2, 0) is 9.53 Å². The van der Waals surface area contributed by atoms with Gasteiger partial charge in [0.15, 0.2) is 0 Å². The van der Waals surface area contributed by atoms with Gasteiger partial charge in [-0.2, -0.15) is 5.10 Å². The predicted molar refractivity (Wildman–Crippen MR) is 140 cm³/mol. The monoisotopic (exact) mass is 480 g/mol. The molecule has 1 atom stereocenters. The van der Waals surface area contributed by atoms with Gasteiger partial charge in [0.05, 0.1) is 35.1 Å². The number of amides is 1. The molecule has 0 saturated heterocycles. The molecule has 5 rings (SSSR count). The Bertz CT molecular complexity index is 1500. The van der Waals surface area contributed by atoms with Crippen LogP contribution in [0.2, 0.25) is 0 Å². The van der Waals surface area contributed by atoms with Crippen molar-refractivity contribution in [1.82, 2.24) is 15.0 Å². The minimum absolute atomic E-state index is 0.0454. The minimum Gasteiger partial charge on any atom is -0.465 e. The summed E-state index contributed by atoms with van der Waals surface area (Å²) in [5.41, 5.74) is 9.89. The lowest BCUT2D eigenvalue weighted by molar-refractivity contribution is -0.126. The molecule has 2 heterocycles. The highest BCUT2D eigenvalue weighted by Gasteiger charge is 2.29. The van der Waals surface area contributed by atoms with Gasteiger partial charge in [-0.3, -0.25) is 9.36 Å². The van der Waals surface area contributed by atoms with E-state index in [9.17, 15) is 9.59 Å². The van der Waals surface area contributed by atoms with E-state index in [0.29, 0.717) is 12.0 Å². The molecule has 182 valence electrons. The summed E-state index contributed by atoms with van der Waals surface area (Å²) in [5.74, 6) is -0.384. The van der Waals surface area contributed by atoms with E-state index >= 15 is 0 Å². The molecule has 7 nitrogen and oxygen atoms in total. The summed E-state index contributed by atoms with van der Waals surface area (Å²) < 4.78 is 7.17. The first kappa shape index (κ1) is 23.5. The maximum atomic E-state index is 13.1. The van der Waals surface area contributed by atoms with Crippen molar-refractivity contribution in [3.63, 3.8) is 0 Å². The first-order valence-electron chi connectivity index (χ1n) is 12.0. The summed E-state index contributed by atoms with van der Waals surface area (Å²) in [6.07, 6.45) is 2.30. The van der Waals surface area contributed by atoms with Gasteiger partial charge in [0.25, 0.3) is 0 Å². The number of hydrazone groups is 1. The largest absolute Gasteiger partial charge is 0.465 e. The number of rotatable bonds is 5. The van der Waals surface area contributed by atoms with E-state index in [4.69, 9.17) is 4.74 Å². The number of aryl methyl sites for hydroxylation is 1. The van der Waals surface area contributed by atoms with Gasteiger partial charge in [0, 0.05) is 12.3 Å². The van der Waals surface area contributed by atoms with Crippen LogP contribution in [0.5, 0.6) is 0 Å². The second kappa shape index (κ2) is 9.41. The number of hydrogen-bond donors (Lipinski definition) is 1. The van der Waals surface area contributed by atoms with Gasteiger partial charge in [-0.05, 0) is 47.2 Å². The topological polar surface area (TPSA) is 85.6 Å². The standard InChI is InChI=1S/C29H28N4O3/c1-17(2)22-15-24(31-32-28(22)34)20-11-13-23-25(14-20)33(16-30-23)27-18(3)10-12-21(26(27)29(35)36-4)19-8-6-5-7-9-19/h5-14,16-17,22H,15H2,1-4H3,(H,32,34). The molecule has 1 amide bonds. The average Bonchev–Trinajstić information content (AvgIpc) is 3.31. The SMILES string of the molecule is COC(=O)c1c(-c2ccccc2)ccc(C)c1-n1cnc2ccc(C3=NNC(=O)C(C(C)C)C3)cc21. The Morgan fingerprint density at radius 1 is 1.08 bits per heavy atom. The Kier molecular flexibility index (Phi) is 6.14. The molecule has 0 saturated carbocycles. The third kappa shape index (κ3) is 4.06. The quantitative estimate of drug-likeness (QED) is 0.394. The number of hydrogen-bond acceptors (Lipinski definition) is 5. The van der Waals surface area contributed by atoms with Crippen LogP contribution in [0.15, 0.2) is 72.1 Å². The maximum Gasteiger partial charge on any atom is 0.340 e. The van der Waals surface area contributed by atoms with Crippen molar-refractivity contribution < 1.29 is 14.3 Å². The smallest absolute Gasteiger partial charge is 0.340 e. The predicted octanol–water partition coefficient (Wildman–Crippen LogP) is 5.28. The Morgan fingerprint density at radius 2 is 1.86 bits per heavy atom. The molecule has 0 spiro atoms. The molecule has 0 fully saturated rings. The van der Waals surface area contributed by atoms with Crippen LogP contribution in [-0.4, -0.2) is 34.2 Å². The zero-order valence-corrected chi connectivity index (χ0v) is 20.8. The van der Waals surface area contributed by atoms with Gasteiger partial charge in [0.1, 0.15) is 6.33 Å². The lowest BCUT2D eigenvalue weighted by Crippen LogP contribution is -2.37. The molecule has 0 bridgehead atoms. The number of benzene rings is 3. The molecule has 0 aliphatic carbocycles. The molecule has 1 unspecified atom stereocenters. The summed E-state index contributed by atoms with van der Waals surface area (Å²) in [7, 11) is 1.40. The Hall–Kier alpha value is -4.26. The molecule has 3 aromatic carbocycles. The highest BCUT2D eigenvalue weighted by atomic mass is 16.5. The number of imidazole rings is 1. The van der Waals surface area contributed by atoms with Gasteiger partial charge in [-0.25, -0.2) is 15.2 Å². The third-order valence-electron chi connectivity index (χ3n) is 6.83. The molecule has 4 aromatic rings. The van der Waals surface area contributed by atoms with E-state index in [0.717, 1.165) is 44.7 Å². The number of nitrogens with one attached hydrogen (secondary N) is 1. The molecule has 0 radical (unpaired) electrons. The summed E-state index contributed by atoms with van der Waals surface area (Å²) in [5, 5.41) is 4.35. The zero-order valence-electron chi connectivity index (χ0n) is 20.8. The second-order valence-corrected chi connectivity index (χ2v) is 9.42. The van der Waals surface area contributed by atoms with E-state index in [1.54, 1.807) is 6.33 Å². The number of nitrogens with zero attached hydrogens (tertiary/aromatic N) is 3. The van der Waals surface area contributed by atoms with Crippen LogP contribution in [0.1, 0.15) is 41.8 Å². The fourth-order valence-corrected chi connectivity index (χ4v) is 4.81. The molecule has 1 aliphatic rings. The number of methoxy groups -OCH3 is 1. The summed E-state index contributed by atoms with van der Waals surface area (Å²) in [4.78, 5) is 30.0. The molecular formula is C29H28N4O3. The van der Waals surface area contributed by atoms with Crippen molar-refractivity contribution in [3.8, 4) is 16.8 Å². The van der Waals surface area contributed by atoms with Crippen molar-refractivity contribution in [2.45, 2.75) is 27.2 Å². The number of carbonyl (C=O) groups excluding carboxylic acids is 2. The molecule has 7 heteroatoms. The van der Waals surface area contributed by atoms with Gasteiger partial charge < -0.3 is 4.74 Å². The maximum absolute atomic E-state index is 13.1. The molecule has 1 aliphatic heterocycles. The minimum atomic E-state index is -0.412. The van der Waals surface area contributed by atoms with Gasteiger partial charge in [-0.1, -0.05) is 62.4 Å². The Balaban J connectivity index is 1.69. The van der Waals surface area contributed by atoms with E-state index in [1.165, 1.54) is 7.11 Å². The first-order chi connectivity index (χ1) is 17.4. The van der Waals surface area contributed by atoms with Crippen molar-refractivity contribution >= 4 is 28.6 Å². The summed E-state index contributed by atoms with van der Waals surface area (Å²) in [6.45, 7) is 6.06. The van der Waals surface area contributed by atoms with Gasteiger partial charge in [-0.15, -0.1) is 0 Å². The van der Waals surface area contributed by atoms with Crippen LogP contribution >= 0.6 is 0 Å². The van der Waals surface area contributed by atoms with Crippen LogP contribution in [0.3, 0.4) is 0 Å². The second-order valence-electron chi connectivity index (χ2n) is 9.42. The third-order valence-corrected chi connectivity index (χ3v) is 6.83. The van der Waals surface area contributed by atoms with Gasteiger partial charge in [0.2, 0.25) is 5.91 Å². The lowest BCUT2D eigenvalue weighted by atomic mass is 9.87. The summed E-state index contributed by atoms with van der Waals surface area (Å²) in [6, 6.07) is 19.7. The summed E-state index contributed by atoms with van der Waals surface area (Å²) >= 11 is 0. The first-order valence-corrected chi connectivity index (χ1v) is 12.0. The van der Waals surface area contributed by atoms with Crippen LogP contribution in [0.25, 0.3) is 27.8 Å². The van der Waals surface area contributed by atoms with E-state index in [1.807, 2.05) is 86.0 Å². The van der Waals surface area contributed by atoms with Crippen LogP contribution in [0, 0.1) is 18.8 Å². The molecule has 1 N–H and O–H groups in total. The number of fused-ring (bicyclic) bond motifs is 1. The lowest BCUT2D eigenvalue weighted by Gasteiger charge is -2.24. The van der Waals surface area contributed by atoms with E-state index in [-0.39, 0.29) is 17.7 Å².